The van der Waals surface area contributed by atoms with Gasteiger partial charge in [-0.3, -0.25) is 0 Å². The number of carbonyl (C=O) groups excluding carboxylic acids is 1. The Morgan fingerprint density at radius 1 is 1.50 bits per heavy atom. The second-order valence-corrected chi connectivity index (χ2v) is 7.19. The molecule has 2 rings (SSSR count). The lowest BCUT2D eigenvalue weighted by atomic mass is 10.1. The Morgan fingerprint density at radius 3 is 2.77 bits per heavy atom. The summed E-state index contributed by atoms with van der Waals surface area (Å²) in [5.41, 5.74) is 0.193. The van der Waals surface area contributed by atoms with Gasteiger partial charge in [0.05, 0.1) is 23.8 Å². The Morgan fingerprint density at radius 2 is 2.23 bits per heavy atom. The fourth-order valence-corrected chi connectivity index (χ4v) is 4.16. The number of hydrogen-bond donors (Lipinski definition) is 1. The summed E-state index contributed by atoms with van der Waals surface area (Å²) in [6, 6.07) is 3.57. The summed E-state index contributed by atoms with van der Waals surface area (Å²) in [6.07, 6.45) is 1.60. The van der Waals surface area contributed by atoms with E-state index in [-0.39, 0.29) is 27.6 Å². The van der Waals surface area contributed by atoms with Gasteiger partial charge in [-0.1, -0.05) is 11.6 Å². The third kappa shape index (κ3) is 3.78. The molecule has 6 nitrogen and oxygen atoms in total. The first-order chi connectivity index (χ1) is 10.3. The van der Waals surface area contributed by atoms with Crippen molar-refractivity contribution < 1.29 is 22.7 Å². The van der Waals surface area contributed by atoms with Crippen molar-refractivity contribution >= 4 is 27.6 Å². The number of esters is 1. The first kappa shape index (κ1) is 17.2. The highest BCUT2D eigenvalue weighted by Crippen LogP contribution is 2.24. The Labute approximate surface area is 134 Å². The fourth-order valence-electron chi connectivity index (χ4n) is 2.34. The average molecular weight is 348 g/mol. The molecule has 0 amide bonds. The van der Waals surface area contributed by atoms with Gasteiger partial charge in [-0.05, 0) is 38.0 Å². The van der Waals surface area contributed by atoms with Crippen LogP contribution in [0.3, 0.4) is 0 Å². The summed E-state index contributed by atoms with van der Waals surface area (Å²) in [5.74, 6) is -0.577. The van der Waals surface area contributed by atoms with Crippen molar-refractivity contribution in [2.45, 2.75) is 36.8 Å². The molecule has 1 heterocycles. The standard InChI is InChI=1S/C14H18ClNO5S/c1-9(12-4-3-7-21-12)16-22(18,19)13-6-5-10(8-11(13)15)14(17)20-2/h5-6,8-9,12,16H,3-4,7H2,1-2H3/t9-,12+/m0/s1. The van der Waals surface area contributed by atoms with E-state index in [0.717, 1.165) is 12.8 Å². The Hall–Kier alpha value is -1.15. The quantitative estimate of drug-likeness (QED) is 0.823. The third-order valence-corrected chi connectivity index (χ3v) is 5.55. The predicted molar refractivity (Wildman–Crippen MR) is 81.5 cm³/mol. The molecule has 1 aromatic carbocycles. The molecule has 1 aromatic rings. The molecular formula is C14H18ClNO5S. The van der Waals surface area contributed by atoms with Crippen LogP contribution in [0.2, 0.25) is 5.02 Å². The van der Waals surface area contributed by atoms with Gasteiger partial charge in [0.1, 0.15) is 4.90 Å². The van der Waals surface area contributed by atoms with Crippen LogP contribution < -0.4 is 4.72 Å². The molecule has 1 fully saturated rings. The molecule has 0 aromatic heterocycles. The number of carbonyl (C=O) groups is 1. The van der Waals surface area contributed by atoms with E-state index >= 15 is 0 Å². The maximum atomic E-state index is 12.4. The monoisotopic (exact) mass is 347 g/mol. The number of benzene rings is 1. The fraction of sp³-hybridized carbons (Fsp3) is 0.500. The lowest BCUT2D eigenvalue weighted by Gasteiger charge is -2.20. The molecule has 0 radical (unpaired) electrons. The van der Waals surface area contributed by atoms with Crippen molar-refractivity contribution in [3.05, 3.63) is 28.8 Å². The highest BCUT2D eigenvalue weighted by molar-refractivity contribution is 7.89. The molecule has 0 aliphatic carbocycles. The van der Waals surface area contributed by atoms with Crippen LogP contribution in [-0.4, -0.2) is 40.2 Å². The van der Waals surface area contributed by atoms with Crippen molar-refractivity contribution in [1.29, 1.82) is 0 Å². The molecule has 1 saturated heterocycles. The Bertz CT molecular complexity index is 655. The smallest absolute Gasteiger partial charge is 0.337 e. The first-order valence-corrected chi connectivity index (χ1v) is 8.73. The summed E-state index contributed by atoms with van der Waals surface area (Å²) in [5, 5.41) is -0.0325. The zero-order chi connectivity index (χ0) is 16.3. The largest absolute Gasteiger partial charge is 0.465 e. The molecule has 0 unspecified atom stereocenters. The van der Waals surface area contributed by atoms with Gasteiger partial charge in [0.15, 0.2) is 0 Å². The van der Waals surface area contributed by atoms with Crippen molar-refractivity contribution in [2.24, 2.45) is 0 Å². The summed E-state index contributed by atoms with van der Waals surface area (Å²) in [4.78, 5) is 11.3. The minimum Gasteiger partial charge on any atom is -0.465 e. The molecule has 1 aliphatic rings. The van der Waals surface area contributed by atoms with Crippen LogP contribution >= 0.6 is 11.6 Å². The van der Waals surface area contributed by atoms with E-state index in [0.29, 0.717) is 6.61 Å². The Balaban J connectivity index is 2.20. The maximum absolute atomic E-state index is 12.4. The molecule has 22 heavy (non-hydrogen) atoms. The SMILES string of the molecule is COC(=O)c1ccc(S(=O)(=O)N[C@@H](C)[C@H]2CCCO2)c(Cl)c1. The molecule has 122 valence electrons. The number of ether oxygens (including phenoxy) is 2. The maximum Gasteiger partial charge on any atom is 0.337 e. The second-order valence-electron chi connectivity index (χ2n) is 5.10. The van der Waals surface area contributed by atoms with E-state index < -0.39 is 16.0 Å². The average Bonchev–Trinajstić information content (AvgIpc) is 2.99. The van der Waals surface area contributed by atoms with Crippen LogP contribution in [0, 0.1) is 0 Å². The molecule has 0 saturated carbocycles. The molecule has 0 spiro atoms. The number of halogens is 1. The second kappa shape index (κ2) is 6.95. The van der Waals surface area contributed by atoms with Gasteiger partial charge >= 0.3 is 5.97 Å². The lowest BCUT2D eigenvalue weighted by molar-refractivity contribution is 0.0600. The van der Waals surface area contributed by atoms with Crippen LogP contribution in [0.1, 0.15) is 30.1 Å². The minimum absolute atomic E-state index is 0.0325. The van der Waals surface area contributed by atoms with Crippen molar-refractivity contribution in [2.75, 3.05) is 13.7 Å². The molecule has 2 atom stereocenters. The van der Waals surface area contributed by atoms with Gasteiger partial charge < -0.3 is 9.47 Å². The van der Waals surface area contributed by atoms with E-state index in [9.17, 15) is 13.2 Å². The third-order valence-electron chi connectivity index (χ3n) is 3.51. The van der Waals surface area contributed by atoms with E-state index in [1.54, 1.807) is 6.92 Å². The Kier molecular flexibility index (Phi) is 5.44. The van der Waals surface area contributed by atoms with Crippen LogP contribution in [-0.2, 0) is 19.5 Å². The van der Waals surface area contributed by atoms with E-state index in [4.69, 9.17) is 16.3 Å². The minimum atomic E-state index is -3.79. The molecular weight excluding hydrogens is 330 g/mol. The van der Waals surface area contributed by atoms with E-state index in [2.05, 4.69) is 9.46 Å². The first-order valence-electron chi connectivity index (χ1n) is 6.87. The van der Waals surface area contributed by atoms with Gasteiger partial charge in [0.2, 0.25) is 10.0 Å². The van der Waals surface area contributed by atoms with Crippen LogP contribution in [0.15, 0.2) is 23.1 Å². The normalized spacial score (nSPS) is 19.9. The lowest BCUT2D eigenvalue weighted by Crippen LogP contribution is -2.40. The zero-order valence-electron chi connectivity index (χ0n) is 12.3. The number of sulfonamides is 1. The van der Waals surface area contributed by atoms with Gasteiger partial charge in [0.25, 0.3) is 0 Å². The molecule has 0 bridgehead atoms. The van der Waals surface area contributed by atoms with E-state index in [1.807, 2.05) is 0 Å². The summed E-state index contributed by atoms with van der Waals surface area (Å²) >= 11 is 6.00. The molecule has 8 heteroatoms. The van der Waals surface area contributed by atoms with Crippen LogP contribution in [0.4, 0.5) is 0 Å². The van der Waals surface area contributed by atoms with Gasteiger partial charge in [0, 0.05) is 12.6 Å². The summed E-state index contributed by atoms with van der Waals surface area (Å²) in [7, 11) is -2.55. The number of hydrogen-bond acceptors (Lipinski definition) is 5. The van der Waals surface area contributed by atoms with Gasteiger partial charge in [-0.15, -0.1) is 0 Å². The van der Waals surface area contributed by atoms with E-state index in [1.165, 1.54) is 25.3 Å². The van der Waals surface area contributed by atoms with Crippen LogP contribution in [0.5, 0.6) is 0 Å². The van der Waals surface area contributed by atoms with Crippen LogP contribution in [0.25, 0.3) is 0 Å². The summed E-state index contributed by atoms with van der Waals surface area (Å²) < 4.78 is 37.4. The highest BCUT2D eigenvalue weighted by Gasteiger charge is 2.28. The number of nitrogens with one attached hydrogen (secondary N) is 1. The van der Waals surface area contributed by atoms with Crippen molar-refractivity contribution in [3.8, 4) is 0 Å². The topological polar surface area (TPSA) is 81.7 Å². The summed E-state index contributed by atoms with van der Waals surface area (Å²) in [6.45, 7) is 2.40. The molecule has 1 N–H and O–H groups in total. The highest BCUT2D eigenvalue weighted by atomic mass is 35.5. The zero-order valence-corrected chi connectivity index (χ0v) is 13.9. The van der Waals surface area contributed by atoms with Crippen molar-refractivity contribution in [3.63, 3.8) is 0 Å². The number of rotatable bonds is 5. The van der Waals surface area contributed by atoms with Gasteiger partial charge in [-0.25, -0.2) is 17.9 Å². The number of methoxy groups -OCH3 is 1. The van der Waals surface area contributed by atoms with Gasteiger partial charge in [-0.2, -0.15) is 0 Å². The van der Waals surface area contributed by atoms with Crippen molar-refractivity contribution in [1.82, 2.24) is 4.72 Å². The molecule has 1 aliphatic heterocycles. The predicted octanol–water partition coefficient (Wildman–Crippen LogP) is 1.97.